The number of rotatable bonds is 4. The number of aryl methyl sites for hydroxylation is 1. The highest BCUT2D eigenvalue weighted by atomic mass is 35.5. The van der Waals surface area contributed by atoms with Gasteiger partial charge in [-0.15, -0.1) is 11.3 Å². The van der Waals surface area contributed by atoms with Crippen LogP contribution in [0.4, 0.5) is 0 Å². The van der Waals surface area contributed by atoms with Gasteiger partial charge in [0, 0.05) is 24.0 Å². The quantitative estimate of drug-likeness (QED) is 0.908. The van der Waals surface area contributed by atoms with Crippen molar-refractivity contribution in [2.75, 3.05) is 26.2 Å². The second kappa shape index (κ2) is 6.57. The number of hydrogen-bond acceptors (Lipinski definition) is 3. The maximum absolute atomic E-state index is 6.15. The summed E-state index contributed by atoms with van der Waals surface area (Å²) in [7, 11) is 0. The predicted octanol–water partition coefficient (Wildman–Crippen LogP) is 3.85. The van der Waals surface area contributed by atoms with Crippen molar-refractivity contribution in [2.45, 2.75) is 44.6 Å². The molecule has 1 fully saturated rings. The summed E-state index contributed by atoms with van der Waals surface area (Å²) in [5.41, 5.74) is 1.47. The number of fused-ring (bicyclic) bond motifs is 1. The highest BCUT2D eigenvalue weighted by Gasteiger charge is 2.22. The Balaban J connectivity index is 1.50. The first-order valence-corrected chi connectivity index (χ1v) is 8.76. The molecule has 0 aromatic carbocycles. The van der Waals surface area contributed by atoms with Crippen LogP contribution < -0.4 is 5.32 Å². The molecule has 19 heavy (non-hydrogen) atoms. The Labute approximate surface area is 125 Å². The molecule has 2 nitrogen and oxygen atoms in total. The molecule has 3 rings (SSSR count). The monoisotopic (exact) mass is 298 g/mol. The van der Waals surface area contributed by atoms with E-state index in [2.05, 4.69) is 16.3 Å². The van der Waals surface area contributed by atoms with Crippen LogP contribution in [0.25, 0.3) is 0 Å². The van der Waals surface area contributed by atoms with Crippen LogP contribution in [0.3, 0.4) is 0 Å². The Kier molecular flexibility index (Phi) is 4.80. The normalized spacial score (nSPS) is 24.4. The first-order valence-electron chi connectivity index (χ1n) is 7.57. The van der Waals surface area contributed by atoms with Gasteiger partial charge in [-0.3, -0.25) is 0 Å². The molecule has 0 spiro atoms. The number of piperidine rings is 1. The fourth-order valence-electron chi connectivity index (χ4n) is 3.31. The van der Waals surface area contributed by atoms with Gasteiger partial charge < -0.3 is 10.2 Å². The van der Waals surface area contributed by atoms with Crippen molar-refractivity contribution in [1.82, 2.24) is 10.2 Å². The smallest absolute Gasteiger partial charge is 0.0934 e. The van der Waals surface area contributed by atoms with Gasteiger partial charge >= 0.3 is 0 Å². The third kappa shape index (κ3) is 3.52. The second-order valence-corrected chi connectivity index (χ2v) is 7.50. The minimum Gasteiger partial charge on any atom is -0.309 e. The highest BCUT2D eigenvalue weighted by Crippen LogP contribution is 2.37. The molecule has 2 heterocycles. The van der Waals surface area contributed by atoms with E-state index in [9.17, 15) is 0 Å². The number of hydrogen-bond donors (Lipinski definition) is 1. The maximum atomic E-state index is 6.15. The lowest BCUT2D eigenvalue weighted by Crippen LogP contribution is -2.37. The second-order valence-electron chi connectivity index (χ2n) is 5.73. The van der Waals surface area contributed by atoms with Gasteiger partial charge in [0.05, 0.1) is 4.34 Å². The van der Waals surface area contributed by atoms with E-state index in [1.165, 1.54) is 68.6 Å². The molecule has 0 amide bonds. The lowest BCUT2D eigenvalue weighted by Gasteiger charge is -2.28. The fourth-order valence-corrected chi connectivity index (χ4v) is 4.70. The third-order valence-electron chi connectivity index (χ3n) is 4.35. The Morgan fingerprint density at radius 1 is 1.26 bits per heavy atom. The number of nitrogens with one attached hydrogen (secondary N) is 1. The van der Waals surface area contributed by atoms with Gasteiger partial charge in [0.1, 0.15) is 0 Å². The summed E-state index contributed by atoms with van der Waals surface area (Å²) in [5, 5.41) is 3.74. The van der Waals surface area contributed by atoms with E-state index in [4.69, 9.17) is 11.6 Å². The van der Waals surface area contributed by atoms with Crippen molar-refractivity contribution < 1.29 is 0 Å². The Morgan fingerprint density at radius 2 is 2.11 bits per heavy atom. The topological polar surface area (TPSA) is 15.3 Å². The van der Waals surface area contributed by atoms with Crippen LogP contribution in [0.2, 0.25) is 4.34 Å². The van der Waals surface area contributed by atoms with E-state index in [0.29, 0.717) is 6.04 Å². The van der Waals surface area contributed by atoms with E-state index < -0.39 is 0 Å². The minimum atomic E-state index is 0.539. The average Bonchev–Trinajstić information content (AvgIpc) is 2.81. The molecule has 0 saturated carbocycles. The Hall–Kier alpha value is -0.0900. The van der Waals surface area contributed by atoms with Crippen LogP contribution in [0, 0.1) is 0 Å². The van der Waals surface area contributed by atoms with Gasteiger partial charge in [0.15, 0.2) is 0 Å². The average molecular weight is 299 g/mol. The maximum Gasteiger partial charge on any atom is 0.0934 e. The molecule has 1 atom stereocenters. The molecular weight excluding hydrogens is 276 g/mol. The summed E-state index contributed by atoms with van der Waals surface area (Å²) >= 11 is 7.92. The standard InChI is InChI=1S/C15H23ClN2S/c16-15-11-12-13(5-4-6-14(12)19-15)17-7-10-18-8-2-1-3-9-18/h11,13,17H,1-10H2. The van der Waals surface area contributed by atoms with Gasteiger partial charge in [-0.2, -0.15) is 0 Å². The van der Waals surface area contributed by atoms with Crippen LogP contribution in [0.5, 0.6) is 0 Å². The van der Waals surface area contributed by atoms with Gasteiger partial charge in [-0.1, -0.05) is 18.0 Å². The van der Waals surface area contributed by atoms with Crippen LogP contribution in [-0.2, 0) is 6.42 Å². The van der Waals surface area contributed by atoms with Crippen molar-refractivity contribution in [2.24, 2.45) is 0 Å². The van der Waals surface area contributed by atoms with Gasteiger partial charge in [0.25, 0.3) is 0 Å². The van der Waals surface area contributed by atoms with Crippen LogP contribution in [-0.4, -0.2) is 31.1 Å². The van der Waals surface area contributed by atoms with Crippen molar-refractivity contribution in [1.29, 1.82) is 0 Å². The third-order valence-corrected chi connectivity index (χ3v) is 5.69. The van der Waals surface area contributed by atoms with Crippen LogP contribution in [0.15, 0.2) is 6.07 Å². The molecule has 2 aliphatic rings. The number of thiophene rings is 1. The molecule has 106 valence electrons. The molecule has 1 aromatic heterocycles. The van der Waals surface area contributed by atoms with Gasteiger partial charge in [-0.25, -0.2) is 0 Å². The molecule has 1 N–H and O–H groups in total. The van der Waals surface area contributed by atoms with E-state index >= 15 is 0 Å². The van der Waals surface area contributed by atoms with E-state index in [0.717, 1.165) is 10.9 Å². The molecule has 1 saturated heterocycles. The van der Waals surface area contributed by atoms with Crippen LogP contribution >= 0.6 is 22.9 Å². The van der Waals surface area contributed by atoms with Crippen molar-refractivity contribution in [3.05, 3.63) is 20.8 Å². The van der Waals surface area contributed by atoms with Gasteiger partial charge in [0.2, 0.25) is 0 Å². The highest BCUT2D eigenvalue weighted by molar-refractivity contribution is 7.16. The van der Waals surface area contributed by atoms with E-state index in [1.54, 1.807) is 11.3 Å². The summed E-state index contributed by atoms with van der Waals surface area (Å²) in [6.45, 7) is 4.89. The number of likely N-dealkylation sites (tertiary alicyclic amines) is 1. The largest absolute Gasteiger partial charge is 0.309 e. The summed E-state index contributed by atoms with van der Waals surface area (Å²) in [4.78, 5) is 4.10. The molecule has 0 bridgehead atoms. The van der Waals surface area contributed by atoms with Crippen molar-refractivity contribution in [3.8, 4) is 0 Å². The lowest BCUT2D eigenvalue weighted by molar-refractivity contribution is 0.225. The zero-order valence-electron chi connectivity index (χ0n) is 11.5. The summed E-state index contributed by atoms with van der Waals surface area (Å²) in [6.07, 6.45) is 7.97. The number of nitrogens with zero attached hydrogens (tertiary/aromatic N) is 1. The molecule has 1 aliphatic heterocycles. The molecule has 1 unspecified atom stereocenters. The Morgan fingerprint density at radius 3 is 2.95 bits per heavy atom. The SMILES string of the molecule is Clc1cc2c(s1)CCCC2NCCN1CCCCC1. The zero-order valence-corrected chi connectivity index (χ0v) is 13.0. The minimum absolute atomic E-state index is 0.539. The molecule has 1 aliphatic carbocycles. The van der Waals surface area contributed by atoms with Gasteiger partial charge in [-0.05, 0) is 56.8 Å². The molecular formula is C15H23ClN2S. The van der Waals surface area contributed by atoms with E-state index in [1.807, 2.05) is 0 Å². The molecule has 4 heteroatoms. The zero-order chi connectivity index (χ0) is 13.1. The summed E-state index contributed by atoms with van der Waals surface area (Å²) in [6, 6.07) is 2.72. The van der Waals surface area contributed by atoms with E-state index in [-0.39, 0.29) is 0 Å². The summed E-state index contributed by atoms with van der Waals surface area (Å²) in [5.74, 6) is 0. The number of halogens is 1. The first-order chi connectivity index (χ1) is 9.33. The predicted molar refractivity (Wildman–Crippen MR) is 83.3 cm³/mol. The lowest BCUT2D eigenvalue weighted by atomic mass is 9.94. The Bertz CT molecular complexity index is 412. The van der Waals surface area contributed by atoms with Crippen LogP contribution in [0.1, 0.15) is 48.6 Å². The fraction of sp³-hybridized carbons (Fsp3) is 0.733. The molecule has 0 radical (unpaired) electrons. The van der Waals surface area contributed by atoms with Crippen molar-refractivity contribution >= 4 is 22.9 Å². The molecule has 1 aromatic rings. The summed E-state index contributed by atoms with van der Waals surface area (Å²) < 4.78 is 0.953. The van der Waals surface area contributed by atoms with Crippen molar-refractivity contribution in [3.63, 3.8) is 0 Å². The first kappa shape index (κ1) is 13.9.